The highest BCUT2D eigenvalue weighted by atomic mass is 15.2. The molecule has 3 aromatic rings. The largest absolute Gasteiger partial charge is 0.341 e. The molecule has 1 aliphatic rings. The van der Waals surface area contributed by atoms with Crippen molar-refractivity contribution in [1.29, 1.82) is 0 Å². The molecule has 0 atom stereocenters. The summed E-state index contributed by atoms with van der Waals surface area (Å²) >= 11 is 0. The van der Waals surface area contributed by atoms with Crippen molar-refractivity contribution in [1.82, 2.24) is 24.9 Å². The van der Waals surface area contributed by atoms with E-state index in [9.17, 15) is 0 Å². The van der Waals surface area contributed by atoms with Gasteiger partial charge in [0.15, 0.2) is 0 Å². The van der Waals surface area contributed by atoms with Crippen molar-refractivity contribution in [3.63, 3.8) is 0 Å². The van der Waals surface area contributed by atoms with Gasteiger partial charge < -0.3 is 10.2 Å². The fourth-order valence-corrected chi connectivity index (χ4v) is 3.11. The maximum atomic E-state index is 4.37. The Morgan fingerprint density at radius 2 is 1.52 bits per heavy atom. The molecule has 0 amide bonds. The quantitative estimate of drug-likeness (QED) is 0.786. The minimum absolute atomic E-state index is 0.514. The lowest BCUT2D eigenvalue weighted by Gasteiger charge is -2.32. The molecule has 4 heterocycles. The number of nitrogens with one attached hydrogen (secondary N) is 1. The topological polar surface area (TPSA) is 79.7 Å². The highest BCUT2D eigenvalue weighted by Gasteiger charge is 2.22. The SMILES string of the molecule is c1cnc(Nc2cc(C3CCN(c4ncccn4)CC3)ccn2)nc1. The van der Waals surface area contributed by atoms with Gasteiger partial charge in [-0.3, -0.25) is 0 Å². The number of pyridine rings is 1. The summed E-state index contributed by atoms with van der Waals surface area (Å²) in [4.78, 5) is 23.7. The first kappa shape index (κ1) is 15.4. The predicted molar refractivity (Wildman–Crippen MR) is 95.8 cm³/mol. The molecule has 1 saturated heterocycles. The Balaban J connectivity index is 1.42. The molecule has 126 valence electrons. The van der Waals surface area contributed by atoms with E-state index in [0.29, 0.717) is 11.9 Å². The average Bonchev–Trinajstić information content (AvgIpc) is 2.70. The third-order valence-electron chi connectivity index (χ3n) is 4.39. The number of aromatic nitrogens is 5. The van der Waals surface area contributed by atoms with Crippen molar-refractivity contribution in [2.75, 3.05) is 23.3 Å². The highest BCUT2D eigenvalue weighted by molar-refractivity contribution is 5.49. The van der Waals surface area contributed by atoms with Crippen molar-refractivity contribution in [3.05, 3.63) is 60.8 Å². The first-order valence-electron chi connectivity index (χ1n) is 8.40. The molecule has 0 aliphatic carbocycles. The summed E-state index contributed by atoms with van der Waals surface area (Å²) < 4.78 is 0. The maximum Gasteiger partial charge on any atom is 0.228 e. The van der Waals surface area contributed by atoms with Crippen LogP contribution in [0.3, 0.4) is 0 Å². The molecule has 7 nitrogen and oxygen atoms in total. The Morgan fingerprint density at radius 1 is 0.840 bits per heavy atom. The molecule has 0 bridgehead atoms. The summed E-state index contributed by atoms with van der Waals surface area (Å²) in [6, 6.07) is 7.82. The second kappa shape index (κ2) is 7.21. The van der Waals surface area contributed by atoms with Crippen LogP contribution in [0.1, 0.15) is 24.3 Å². The van der Waals surface area contributed by atoms with Crippen LogP contribution in [0, 0.1) is 0 Å². The van der Waals surface area contributed by atoms with E-state index in [1.807, 2.05) is 12.3 Å². The van der Waals surface area contributed by atoms with Crippen molar-refractivity contribution >= 4 is 17.7 Å². The summed E-state index contributed by atoms with van der Waals surface area (Å²) in [7, 11) is 0. The van der Waals surface area contributed by atoms with Crippen molar-refractivity contribution in [3.8, 4) is 0 Å². The predicted octanol–water partition coefficient (Wildman–Crippen LogP) is 2.79. The van der Waals surface area contributed by atoms with Crippen LogP contribution in [-0.4, -0.2) is 38.0 Å². The molecule has 1 N–H and O–H groups in total. The fourth-order valence-electron chi connectivity index (χ4n) is 3.11. The van der Waals surface area contributed by atoms with Crippen molar-refractivity contribution < 1.29 is 0 Å². The molecule has 0 saturated carbocycles. The number of anilines is 3. The lowest BCUT2D eigenvalue weighted by Crippen LogP contribution is -2.34. The van der Waals surface area contributed by atoms with Crippen LogP contribution in [0.25, 0.3) is 0 Å². The van der Waals surface area contributed by atoms with Crippen LogP contribution in [0.5, 0.6) is 0 Å². The Kier molecular flexibility index (Phi) is 4.45. The molecule has 25 heavy (non-hydrogen) atoms. The van der Waals surface area contributed by atoms with Crippen LogP contribution in [0.15, 0.2) is 55.2 Å². The van der Waals surface area contributed by atoms with Gasteiger partial charge in [-0.05, 0) is 48.6 Å². The molecule has 1 fully saturated rings. The van der Waals surface area contributed by atoms with Crippen LogP contribution in [0.2, 0.25) is 0 Å². The molecular formula is C18H19N7. The van der Waals surface area contributed by atoms with Gasteiger partial charge >= 0.3 is 0 Å². The van der Waals surface area contributed by atoms with Gasteiger partial charge in [0.1, 0.15) is 5.82 Å². The smallest absolute Gasteiger partial charge is 0.228 e. The zero-order valence-electron chi connectivity index (χ0n) is 13.8. The molecular weight excluding hydrogens is 314 g/mol. The minimum Gasteiger partial charge on any atom is -0.341 e. The number of hydrogen-bond donors (Lipinski definition) is 1. The molecule has 1 aliphatic heterocycles. The molecule has 4 rings (SSSR count). The monoisotopic (exact) mass is 333 g/mol. The first-order chi connectivity index (χ1) is 12.4. The van der Waals surface area contributed by atoms with Gasteiger partial charge in [0.2, 0.25) is 11.9 Å². The molecule has 7 heteroatoms. The lowest BCUT2D eigenvalue weighted by atomic mass is 9.90. The zero-order valence-corrected chi connectivity index (χ0v) is 13.8. The second-order valence-electron chi connectivity index (χ2n) is 5.98. The van der Waals surface area contributed by atoms with E-state index >= 15 is 0 Å². The van der Waals surface area contributed by atoms with Gasteiger partial charge in [-0.1, -0.05) is 0 Å². The summed E-state index contributed by atoms with van der Waals surface area (Å²) in [6.07, 6.45) is 11.0. The van der Waals surface area contributed by atoms with Crippen LogP contribution >= 0.6 is 0 Å². The zero-order chi connectivity index (χ0) is 16.9. The second-order valence-corrected chi connectivity index (χ2v) is 5.98. The molecule has 3 aromatic heterocycles. The van der Waals surface area contributed by atoms with Crippen LogP contribution < -0.4 is 10.2 Å². The molecule has 0 radical (unpaired) electrons. The van der Waals surface area contributed by atoms with E-state index in [1.165, 1.54) is 5.56 Å². The van der Waals surface area contributed by atoms with Crippen LogP contribution in [-0.2, 0) is 0 Å². The summed E-state index contributed by atoms with van der Waals surface area (Å²) in [5.41, 5.74) is 1.29. The van der Waals surface area contributed by atoms with E-state index < -0.39 is 0 Å². The van der Waals surface area contributed by atoms with E-state index in [-0.39, 0.29) is 0 Å². The van der Waals surface area contributed by atoms with Gasteiger partial charge in [-0.15, -0.1) is 0 Å². The molecule has 0 aromatic carbocycles. The van der Waals surface area contributed by atoms with Gasteiger partial charge in [0, 0.05) is 44.1 Å². The normalized spacial score (nSPS) is 15.1. The van der Waals surface area contributed by atoms with E-state index in [2.05, 4.69) is 47.3 Å². The van der Waals surface area contributed by atoms with Crippen LogP contribution in [0.4, 0.5) is 17.7 Å². The fraction of sp³-hybridized carbons (Fsp3) is 0.278. The number of hydrogen-bond acceptors (Lipinski definition) is 7. The van der Waals surface area contributed by atoms with Crippen molar-refractivity contribution in [2.24, 2.45) is 0 Å². The first-order valence-corrected chi connectivity index (χ1v) is 8.40. The summed E-state index contributed by atoms with van der Waals surface area (Å²) in [5.74, 6) is 2.67. The summed E-state index contributed by atoms with van der Waals surface area (Å²) in [5, 5.41) is 3.15. The lowest BCUT2D eigenvalue weighted by molar-refractivity contribution is 0.499. The van der Waals surface area contributed by atoms with E-state index in [0.717, 1.165) is 37.7 Å². The third kappa shape index (κ3) is 3.71. The van der Waals surface area contributed by atoms with E-state index in [4.69, 9.17) is 0 Å². The molecule has 0 unspecified atom stereocenters. The van der Waals surface area contributed by atoms with Crippen molar-refractivity contribution in [2.45, 2.75) is 18.8 Å². The number of nitrogens with zero attached hydrogens (tertiary/aromatic N) is 6. The average molecular weight is 333 g/mol. The van der Waals surface area contributed by atoms with E-state index in [1.54, 1.807) is 30.9 Å². The Morgan fingerprint density at radius 3 is 2.24 bits per heavy atom. The third-order valence-corrected chi connectivity index (χ3v) is 4.39. The summed E-state index contributed by atoms with van der Waals surface area (Å²) in [6.45, 7) is 1.92. The van der Waals surface area contributed by atoms with Gasteiger partial charge in [-0.2, -0.15) is 0 Å². The highest BCUT2D eigenvalue weighted by Crippen LogP contribution is 2.30. The standard InChI is InChI=1S/C18H19N7/c1-6-20-17(21-7-1)24-16-13-15(3-10-19-16)14-4-11-25(12-5-14)18-22-8-2-9-23-18/h1-3,6-10,13-14H,4-5,11-12H2,(H,19,20,21,24). The Hall–Kier alpha value is -3.09. The molecule has 0 spiro atoms. The maximum absolute atomic E-state index is 4.37. The Bertz CT molecular complexity index is 802. The number of piperidine rings is 1. The number of rotatable bonds is 4. The van der Waals surface area contributed by atoms with Gasteiger partial charge in [0.25, 0.3) is 0 Å². The van der Waals surface area contributed by atoms with Gasteiger partial charge in [-0.25, -0.2) is 24.9 Å². The Labute approximate surface area is 146 Å². The minimum atomic E-state index is 0.514. The van der Waals surface area contributed by atoms with Gasteiger partial charge in [0.05, 0.1) is 0 Å².